The van der Waals surface area contributed by atoms with Gasteiger partial charge in [-0.3, -0.25) is 10.1 Å². The molecule has 2 aromatic rings. The molecule has 1 atom stereocenters. The van der Waals surface area contributed by atoms with Gasteiger partial charge in [-0.25, -0.2) is 13.1 Å². The predicted molar refractivity (Wildman–Crippen MR) is 92.8 cm³/mol. The molecule has 128 valence electrons. The van der Waals surface area contributed by atoms with Crippen LogP contribution in [-0.4, -0.2) is 20.4 Å². The van der Waals surface area contributed by atoms with Gasteiger partial charge in [0.1, 0.15) is 5.69 Å². The van der Waals surface area contributed by atoms with E-state index in [1.54, 1.807) is 12.1 Å². The van der Waals surface area contributed by atoms with Crippen LogP contribution in [0.4, 0.5) is 11.4 Å². The van der Waals surface area contributed by atoms with E-state index in [0.717, 1.165) is 11.6 Å². The van der Waals surface area contributed by atoms with Crippen LogP contribution in [0.3, 0.4) is 0 Å². The third-order valence-corrected chi connectivity index (χ3v) is 5.15. The maximum atomic E-state index is 11.8. The van der Waals surface area contributed by atoms with Gasteiger partial charge in [-0.15, -0.1) is 0 Å². The molecule has 0 bridgehead atoms. The van der Waals surface area contributed by atoms with Crippen molar-refractivity contribution in [3.63, 3.8) is 0 Å². The third-order valence-electron chi connectivity index (χ3n) is 3.49. The SMILES string of the molecule is CNS(=O)(=O)c1ccc(N[C@H](C)c2ccc(Cl)cc2)c([N+](=O)[O-])c1. The van der Waals surface area contributed by atoms with Crippen molar-refractivity contribution in [3.8, 4) is 0 Å². The predicted octanol–water partition coefficient (Wildman–Crippen LogP) is 3.33. The van der Waals surface area contributed by atoms with Gasteiger partial charge in [-0.2, -0.15) is 0 Å². The van der Waals surface area contributed by atoms with E-state index in [1.807, 2.05) is 19.1 Å². The minimum absolute atomic E-state index is 0.165. The van der Waals surface area contributed by atoms with Gasteiger partial charge in [-0.05, 0) is 43.8 Å². The molecule has 0 amide bonds. The molecule has 2 aromatic carbocycles. The van der Waals surface area contributed by atoms with Crippen LogP contribution in [0.15, 0.2) is 47.4 Å². The Morgan fingerprint density at radius 3 is 2.33 bits per heavy atom. The van der Waals surface area contributed by atoms with Crippen LogP contribution in [0.5, 0.6) is 0 Å². The van der Waals surface area contributed by atoms with Crippen LogP contribution in [0.1, 0.15) is 18.5 Å². The van der Waals surface area contributed by atoms with Crippen molar-refractivity contribution in [2.45, 2.75) is 17.9 Å². The summed E-state index contributed by atoms with van der Waals surface area (Å²) in [6.07, 6.45) is 0. The zero-order valence-corrected chi connectivity index (χ0v) is 14.6. The van der Waals surface area contributed by atoms with Crippen molar-refractivity contribution >= 4 is 33.0 Å². The van der Waals surface area contributed by atoms with Gasteiger partial charge in [-0.1, -0.05) is 23.7 Å². The number of hydrogen-bond acceptors (Lipinski definition) is 5. The first-order valence-corrected chi connectivity index (χ1v) is 8.84. The molecule has 0 heterocycles. The molecule has 9 heteroatoms. The Morgan fingerprint density at radius 2 is 1.79 bits per heavy atom. The smallest absolute Gasteiger partial charge is 0.293 e. The zero-order chi connectivity index (χ0) is 17.9. The molecule has 0 spiro atoms. The van der Waals surface area contributed by atoms with Crippen LogP contribution >= 0.6 is 11.6 Å². The quantitative estimate of drug-likeness (QED) is 0.600. The Labute approximate surface area is 144 Å². The van der Waals surface area contributed by atoms with Crippen molar-refractivity contribution in [2.24, 2.45) is 0 Å². The molecule has 24 heavy (non-hydrogen) atoms. The average molecular weight is 370 g/mol. The monoisotopic (exact) mass is 369 g/mol. The highest BCUT2D eigenvalue weighted by molar-refractivity contribution is 7.89. The van der Waals surface area contributed by atoms with Crippen molar-refractivity contribution in [1.29, 1.82) is 0 Å². The molecule has 0 aliphatic rings. The van der Waals surface area contributed by atoms with Gasteiger partial charge >= 0.3 is 0 Å². The fourth-order valence-corrected chi connectivity index (χ4v) is 3.01. The van der Waals surface area contributed by atoms with E-state index in [9.17, 15) is 18.5 Å². The van der Waals surface area contributed by atoms with Gasteiger partial charge in [0.05, 0.1) is 9.82 Å². The first-order valence-electron chi connectivity index (χ1n) is 6.98. The van der Waals surface area contributed by atoms with Crippen LogP contribution in [-0.2, 0) is 10.0 Å². The highest BCUT2D eigenvalue weighted by Crippen LogP contribution is 2.30. The molecule has 7 nitrogen and oxygen atoms in total. The van der Waals surface area contributed by atoms with Crippen molar-refractivity contribution < 1.29 is 13.3 Å². The maximum absolute atomic E-state index is 11.8. The molecule has 0 unspecified atom stereocenters. The summed E-state index contributed by atoms with van der Waals surface area (Å²) in [5.41, 5.74) is 0.810. The van der Waals surface area contributed by atoms with E-state index in [0.29, 0.717) is 5.02 Å². The van der Waals surface area contributed by atoms with E-state index in [4.69, 9.17) is 11.6 Å². The number of nitrogens with one attached hydrogen (secondary N) is 2. The number of nitro groups is 1. The summed E-state index contributed by atoms with van der Waals surface area (Å²) < 4.78 is 25.7. The van der Waals surface area contributed by atoms with E-state index in [-0.39, 0.29) is 22.3 Å². The standard InChI is InChI=1S/C15H16ClN3O4S/c1-10(11-3-5-12(16)6-4-11)18-14-8-7-13(24(22,23)17-2)9-15(14)19(20)21/h3-10,17-18H,1-2H3/t10-/m1/s1. The lowest BCUT2D eigenvalue weighted by Gasteiger charge is -2.16. The molecule has 0 radical (unpaired) electrons. The number of sulfonamides is 1. The van der Waals surface area contributed by atoms with Crippen LogP contribution in [0, 0.1) is 10.1 Å². The summed E-state index contributed by atoms with van der Waals surface area (Å²) in [7, 11) is -2.51. The van der Waals surface area contributed by atoms with Gasteiger partial charge in [0.2, 0.25) is 10.0 Å². The molecular weight excluding hydrogens is 354 g/mol. The summed E-state index contributed by atoms with van der Waals surface area (Å²) in [6.45, 7) is 1.84. The molecule has 0 aromatic heterocycles. The van der Waals surface area contributed by atoms with Gasteiger partial charge in [0, 0.05) is 17.1 Å². The van der Waals surface area contributed by atoms with E-state index in [2.05, 4.69) is 10.0 Å². The fourth-order valence-electron chi connectivity index (χ4n) is 2.14. The van der Waals surface area contributed by atoms with Crippen LogP contribution < -0.4 is 10.0 Å². The summed E-state index contributed by atoms with van der Waals surface area (Å²) in [6, 6.07) is 10.6. The minimum atomic E-state index is -3.75. The lowest BCUT2D eigenvalue weighted by molar-refractivity contribution is -0.384. The molecule has 0 aliphatic carbocycles. The molecule has 2 rings (SSSR count). The summed E-state index contributed by atoms with van der Waals surface area (Å²) >= 11 is 5.84. The number of benzene rings is 2. The summed E-state index contributed by atoms with van der Waals surface area (Å²) in [5, 5.41) is 14.9. The van der Waals surface area contributed by atoms with Gasteiger partial charge in [0.25, 0.3) is 5.69 Å². The Balaban J connectivity index is 2.36. The molecule has 0 saturated heterocycles. The Hall–Kier alpha value is -2.16. The van der Waals surface area contributed by atoms with Crippen molar-refractivity contribution in [2.75, 3.05) is 12.4 Å². The number of nitrogens with zero attached hydrogens (tertiary/aromatic N) is 1. The zero-order valence-electron chi connectivity index (χ0n) is 13.0. The molecule has 0 aliphatic heterocycles. The first-order chi connectivity index (χ1) is 11.2. The average Bonchev–Trinajstić information content (AvgIpc) is 2.55. The summed E-state index contributed by atoms with van der Waals surface area (Å²) in [5.74, 6) is 0. The Morgan fingerprint density at radius 1 is 1.17 bits per heavy atom. The van der Waals surface area contributed by atoms with E-state index >= 15 is 0 Å². The second-order valence-electron chi connectivity index (χ2n) is 5.06. The van der Waals surface area contributed by atoms with Crippen LogP contribution in [0.2, 0.25) is 5.02 Å². The third kappa shape index (κ3) is 4.02. The van der Waals surface area contributed by atoms with Gasteiger partial charge in [0.15, 0.2) is 0 Å². The van der Waals surface area contributed by atoms with Crippen molar-refractivity contribution in [3.05, 3.63) is 63.2 Å². The Bertz CT molecular complexity index is 854. The second-order valence-corrected chi connectivity index (χ2v) is 7.38. The van der Waals surface area contributed by atoms with Crippen molar-refractivity contribution in [1.82, 2.24) is 4.72 Å². The number of rotatable bonds is 6. The highest BCUT2D eigenvalue weighted by atomic mass is 35.5. The van der Waals surface area contributed by atoms with E-state index in [1.165, 1.54) is 19.2 Å². The lowest BCUT2D eigenvalue weighted by atomic mass is 10.1. The number of anilines is 1. The second kappa shape index (κ2) is 7.16. The van der Waals surface area contributed by atoms with E-state index < -0.39 is 14.9 Å². The molecule has 2 N–H and O–H groups in total. The molecule has 0 saturated carbocycles. The topological polar surface area (TPSA) is 101 Å². The number of nitro benzene ring substituents is 1. The normalized spacial score (nSPS) is 12.6. The lowest BCUT2D eigenvalue weighted by Crippen LogP contribution is -2.19. The fraction of sp³-hybridized carbons (Fsp3) is 0.200. The number of halogens is 1. The molecular formula is C15H16ClN3O4S. The maximum Gasteiger partial charge on any atom is 0.293 e. The minimum Gasteiger partial charge on any atom is -0.373 e. The van der Waals surface area contributed by atoms with Crippen LogP contribution in [0.25, 0.3) is 0 Å². The highest BCUT2D eigenvalue weighted by Gasteiger charge is 2.21. The Kier molecular flexibility index (Phi) is 5.43. The first kappa shape index (κ1) is 18.2. The summed E-state index contributed by atoms with van der Waals surface area (Å²) in [4.78, 5) is 10.5. The molecule has 0 fully saturated rings. The number of hydrogen-bond donors (Lipinski definition) is 2. The largest absolute Gasteiger partial charge is 0.373 e. The van der Waals surface area contributed by atoms with Gasteiger partial charge < -0.3 is 5.32 Å².